The average molecular weight is 951 g/mol. The van der Waals surface area contributed by atoms with Crippen LogP contribution in [-0.4, -0.2) is 169 Å². The van der Waals surface area contributed by atoms with Crippen LogP contribution in [0.15, 0.2) is 12.4 Å². The quantitative estimate of drug-likeness (QED) is 0.119. The van der Waals surface area contributed by atoms with Gasteiger partial charge < -0.3 is 41.3 Å². The summed E-state index contributed by atoms with van der Waals surface area (Å²) < 4.78 is 4.08. The van der Waals surface area contributed by atoms with Crippen molar-refractivity contribution in [2.45, 2.75) is 204 Å². The standard InChI is InChI=1S/2C25H41N5O4/c2*1-3-20-22(26-15(2)32)24(34)23(33)21(13-31)30(20)5-4-19-12-29(28-27-19)14-25-9-16-6-17(10-25)8-18(7-16)11-25/h2*12,16-18,20-24,31,33-34H,3-11,13-14H2,1-2H3,(H,26,32)/t16?,17?,18?,20-,21+,22-,23+,24+,25?;16?,17?,18?,20-,21-,22+,23-,24-,25?/m01/s1. The highest BCUT2D eigenvalue weighted by Gasteiger charge is 2.53. The van der Waals surface area contributed by atoms with Crippen LogP contribution in [-0.2, 0) is 35.5 Å². The largest absolute Gasteiger partial charge is 0.395 e. The zero-order chi connectivity index (χ0) is 48.1. The van der Waals surface area contributed by atoms with Gasteiger partial charge in [0.25, 0.3) is 0 Å². The van der Waals surface area contributed by atoms with Crippen LogP contribution < -0.4 is 10.6 Å². The van der Waals surface area contributed by atoms with Gasteiger partial charge >= 0.3 is 0 Å². The average Bonchev–Trinajstić information content (AvgIpc) is 3.92. The van der Waals surface area contributed by atoms with Gasteiger partial charge in [-0.2, -0.15) is 0 Å². The van der Waals surface area contributed by atoms with E-state index in [2.05, 4.69) is 43.7 Å². The highest BCUT2D eigenvalue weighted by Crippen LogP contribution is 2.61. The Kier molecular flexibility index (Phi) is 15.1. The molecule has 10 aliphatic rings. The summed E-state index contributed by atoms with van der Waals surface area (Å²) in [6.07, 6.45) is 18.8. The van der Waals surface area contributed by atoms with Gasteiger partial charge in [-0.15, -0.1) is 10.2 Å². The molecule has 2 amide bonds. The van der Waals surface area contributed by atoms with Gasteiger partial charge in [-0.25, -0.2) is 0 Å². The molecule has 8 bridgehead atoms. The van der Waals surface area contributed by atoms with E-state index in [1.54, 1.807) is 0 Å². The molecule has 2 aromatic rings. The molecule has 12 rings (SSSR count). The zero-order valence-electron chi connectivity index (χ0n) is 41.0. The van der Waals surface area contributed by atoms with Crippen LogP contribution in [0.25, 0.3) is 0 Å². The third kappa shape index (κ3) is 10.3. The second-order valence-electron chi connectivity index (χ2n) is 23.5. The lowest BCUT2D eigenvalue weighted by Crippen LogP contribution is -2.71. The Morgan fingerprint density at radius 3 is 1.16 bits per heavy atom. The topological polar surface area (TPSA) is 247 Å². The number of rotatable bonds is 16. The first-order valence-electron chi connectivity index (χ1n) is 26.4. The van der Waals surface area contributed by atoms with Crippen LogP contribution in [0.5, 0.6) is 0 Å². The van der Waals surface area contributed by atoms with E-state index >= 15 is 0 Å². The minimum absolute atomic E-state index is 0.193. The van der Waals surface area contributed by atoms with E-state index in [9.17, 15) is 40.2 Å². The van der Waals surface area contributed by atoms with Crippen LogP contribution in [0, 0.1) is 46.3 Å². The van der Waals surface area contributed by atoms with E-state index in [4.69, 9.17) is 0 Å². The Hall–Kier alpha value is -3.10. The lowest BCUT2D eigenvalue weighted by molar-refractivity contribution is -0.140. The zero-order valence-corrected chi connectivity index (χ0v) is 41.0. The maximum atomic E-state index is 11.7. The number of piperidine rings is 2. The second kappa shape index (κ2) is 20.6. The number of likely N-dealkylation sites (tertiary alicyclic amines) is 2. The van der Waals surface area contributed by atoms with Gasteiger partial charge in [-0.1, -0.05) is 24.3 Å². The maximum Gasteiger partial charge on any atom is 0.217 e. The summed E-state index contributed by atoms with van der Waals surface area (Å²) in [5.41, 5.74) is 2.59. The molecular weight excluding hydrogens is 869 g/mol. The summed E-state index contributed by atoms with van der Waals surface area (Å²) >= 11 is 0. The Bertz CT molecular complexity index is 1820. The van der Waals surface area contributed by atoms with Gasteiger partial charge in [0.1, 0.15) is 12.2 Å². The number of amides is 2. The predicted octanol–water partition coefficient (Wildman–Crippen LogP) is 1.44. The first-order chi connectivity index (χ1) is 32.6. The number of nitrogens with one attached hydrogen (secondary N) is 2. The van der Waals surface area contributed by atoms with Gasteiger partial charge in [0, 0.05) is 77.3 Å². The predicted molar refractivity (Wildman–Crippen MR) is 251 cm³/mol. The van der Waals surface area contributed by atoms with Crippen molar-refractivity contribution >= 4 is 11.8 Å². The number of hydrogen-bond acceptors (Lipinski definition) is 14. The molecule has 0 aromatic carbocycles. The minimum Gasteiger partial charge on any atom is -0.395 e. The van der Waals surface area contributed by atoms with Gasteiger partial charge in [0.2, 0.25) is 11.8 Å². The molecule has 2 aliphatic heterocycles. The Morgan fingerprint density at radius 2 is 0.882 bits per heavy atom. The van der Waals surface area contributed by atoms with Crippen LogP contribution in [0.2, 0.25) is 0 Å². The van der Waals surface area contributed by atoms with E-state index < -0.39 is 48.6 Å². The Labute approximate surface area is 402 Å². The number of aliphatic hydroxyl groups excluding tert-OH is 6. The third-order valence-electron chi connectivity index (χ3n) is 18.5. The van der Waals surface area contributed by atoms with Crippen LogP contribution >= 0.6 is 0 Å². The lowest BCUT2D eigenvalue weighted by Gasteiger charge is -2.56. The van der Waals surface area contributed by atoms with Crippen molar-refractivity contribution in [3.63, 3.8) is 0 Å². The Morgan fingerprint density at radius 1 is 0.559 bits per heavy atom. The Balaban J connectivity index is 0.000000170. The van der Waals surface area contributed by atoms with Gasteiger partial charge in [-0.05, 0) is 136 Å². The fourth-order valence-electron chi connectivity index (χ4n) is 16.7. The maximum absolute atomic E-state index is 11.7. The third-order valence-corrected chi connectivity index (χ3v) is 18.5. The van der Waals surface area contributed by atoms with Gasteiger partial charge in [-0.3, -0.25) is 28.8 Å². The molecule has 18 heteroatoms. The van der Waals surface area contributed by atoms with E-state index in [1.807, 2.05) is 33.0 Å². The summed E-state index contributed by atoms with van der Waals surface area (Å²) in [5, 5.41) is 86.0. The molecule has 8 N–H and O–H groups in total. The van der Waals surface area contributed by atoms with Crippen LogP contribution in [0.3, 0.4) is 0 Å². The van der Waals surface area contributed by atoms with Gasteiger partial charge in [0.15, 0.2) is 0 Å². The molecule has 4 heterocycles. The van der Waals surface area contributed by atoms with E-state index in [1.165, 1.54) is 90.9 Å². The first kappa shape index (κ1) is 49.9. The molecule has 8 saturated carbocycles. The van der Waals surface area contributed by atoms with Gasteiger partial charge in [0.05, 0.1) is 61.0 Å². The molecule has 0 radical (unpaired) electrons. The number of carbonyl (C=O) groups excluding carboxylic acids is 2. The van der Waals surface area contributed by atoms with Crippen LogP contribution in [0.4, 0.5) is 0 Å². The molecule has 68 heavy (non-hydrogen) atoms. The summed E-state index contributed by atoms with van der Waals surface area (Å²) in [4.78, 5) is 27.5. The fraction of sp³-hybridized carbons (Fsp3) is 0.880. The molecule has 380 valence electrons. The van der Waals surface area contributed by atoms with Crippen molar-refractivity contribution in [2.75, 3.05) is 26.3 Å². The van der Waals surface area contributed by atoms with Crippen molar-refractivity contribution in [3.05, 3.63) is 23.8 Å². The summed E-state index contributed by atoms with van der Waals surface area (Å²) in [6, 6.07) is -2.75. The van der Waals surface area contributed by atoms with Crippen LogP contribution in [0.1, 0.15) is 129 Å². The van der Waals surface area contributed by atoms with E-state index in [0.29, 0.717) is 49.6 Å². The minimum atomic E-state index is -1.14. The number of aromatic nitrogens is 6. The molecule has 2 saturated heterocycles. The van der Waals surface area contributed by atoms with E-state index in [0.717, 1.165) is 60.0 Å². The summed E-state index contributed by atoms with van der Waals surface area (Å²) in [5.74, 6) is 4.97. The molecule has 10 atom stereocenters. The van der Waals surface area contributed by atoms with E-state index in [-0.39, 0.29) is 37.1 Å². The molecule has 2 aromatic heterocycles. The fourth-order valence-corrected chi connectivity index (χ4v) is 16.7. The monoisotopic (exact) mass is 951 g/mol. The molecule has 8 aliphatic carbocycles. The molecule has 10 fully saturated rings. The normalized spacial score (nSPS) is 41.7. The number of aliphatic hydroxyl groups is 6. The van der Waals surface area contributed by atoms with Crippen molar-refractivity contribution < 1.29 is 40.2 Å². The van der Waals surface area contributed by atoms with Crippen molar-refractivity contribution in [1.82, 2.24) is 50.4 Å². The molecule has 0 spiro atoms. The summed E-state index contributed by atoms with van der Waals surface area (Å²) in [7, 11) is 0. The molecule has 0 unspecified atom stereocenters. The number of carbonyl (C=O) groups is 2. The smallest absolute Gasteiger partial charge is 0.217 e. The second-order valence-corrected chi connectivity index (χ2v) is 23.5. The highest BCUT2D eigenvalue weighted by molar-refractivity contribution is 5.73. The number of hydrogen-bond donors (Lipinski definition) is 8. The molecular formula is C50H82N10O8. The van der Waals surface area contributed by atoms with Crippen molar-refractivity contribution in [2.24, 2.45) is 46.3 Å². The lowest BCUT2D eigenvalue weighted by atomic mass is 9.49. The first-order valence-corrected chi connectivity index (χ1v) is 26.4. The summed E-state index contributed by atoms with van der Waals surface area (Å²) in [6.45, 7) is 9.31. The number of nitrogens with zero attached hydrogens (tertiary/aromatic N) is 8. The highest BCUT2D eigenvalue weighted by atomic mass is 16.3. The SMILES string of the molecule is CC[C@@H]1[C@H](NC(C)=O)[C@@H](O)[C@H](O)[C@@H](CO)N1CCc1cn(CC23CC4CC(CC(C4)C2)C3)nn1.CC[C@H]1[C@H](NC(C)=O)[C@@H](O)[C@H](O)[C@@H](CO)N1CCc1cn(CC23CC4CC(CC(C4)C2)C3)nn1. The van der Waals surface area contributed by atoms with Crippen molar-refractivity contribution in [1.29, 1.82) is 0 Å². The van der Waals surface area contributed by atoms with Crippen molar-refractivity contribution in [3.8, 4) is 0 Å². The molecule has 18 nitrogen and oxygen atoms in total.